The van der Waals surface area contributed by atoms with Crippen LogP contribution in [0.2, 0.25) is 0 Å². The molecule has 86 valence electrons. The topological polar surface area (TPSA) is 67.2 Å². The quantitative estimate of drug-likeness (QED) is 0.616. The second-order valence-corrected chi connectivity index (χ2v) is 3.82. The van der Waals surface area contributed by atoms with Gasteiger partial charge in [0.1, 0.15) is 5.69 Å². The van der Waals surface area contributed by atoms with Crippen molar-refractivity contribution in [3.8, 4) is 0 Å². The van der Waals surface area contributed by atoms with E-state index in [1.165, 1.54) is 0 Å². The van der Waals surface area contributed by atoms with E-state index in [1.54, 1.807) is 19.3 Å². The first-order chi connectivity index (χ1) is 7.52. The average Bonchev–Trinajstić information content (AvgIpc) is 2.25. The SMILES string of the molecule is CC(=NNC(=O)C(C)C)c1nccnc1C. The maximum absolute atomic E-state index is 11.3. The molecule has 0 bridgehead atoms. The van der Waals surface area contributed by atoms with Gasteiger partial charge in [0.2, 0.25) is 5.91 Å². The number of carbonyl (C=O) groups excluding carboxylic acids is 1. The van der Waals surface area contributed by atoms with Crippen molar-refractivity contribution in [3.05, 3.63) is 23.8 Å². The fourth-order valence-corrected chi connectivity index (χ4v) is 1.08. The lowest BCUT2D eigenvalue weighted by molar-refractivity contribution is -0.123. The highest BCUT2D eigenvalue weighted by Gasteiger charge is 2.07. The van der Waals surface area contributed by atoms with Gasteiger partial charge < -0.3 is 0 Å². The van der Waals surface area contributed by atoms with Crippen molar-refractivity contribution in [1.29, 1.82) is 0 Å². The summed E-state index contributed by atoms with van der Waals surface area (Å²) >= 11 is 0. The number of hydrogen-bond donors (Lipinski definition) is 1. The number of rotatable bonds is 3. The molecule has 16 heavy (non-hydrogen) atoms. The van der Waals surface area contributed by atoms with Crippen molar-refractivity contribution >= 4 is 11.6 Å². The molecule has 0 fully saturated rings. The van der Waals surface area contributed by atoms with Gasteiger partial charge in [-0.3, -0.25) is 14.8 Å². The van der Waals surface area contributed by atoms with Crippen molar-refractivity contribution in [2.45, 2.75) is 27.7 Å². The molecule has 0 aliphatic rings. The van der Waals surface area contributed by atoms with Gasteiger partial charge in [-0.1, -0.05) is 13.8 Å². The minimum atomic E-state index is -0.110. The summed E-state index contributed by atoms with van der Waals surface area (Å²) in [7, 11) is 0. The monoisotopic (exact) mass is 220 g/mol. The largest absolute Gasteiger partial charge is 0.273 e. The molecule has 0 aromatic carbocycles. The Balaban J connectivity index is 2.79. The number of hydrazone groups is 1. The first kappa shape index (κ1) is 12.3. The predicted molar refractivity (Wildman–Crippen MR) is 62.0 cm³/mol. The molecule has 1 heterocycles. The Morgan fingerprint density at radius 3 is 2.56 bits per heavy atom. The van der Waals surface area contributed by atoms with Gasteiger partial charge in [0.15, 0.2) is 0 Å². The van der Waals surface area contributed by atoms with Gasteiger partial charge in [-0.05, 0) is 13.8 Å². The van der Waals surface area contributed by atoms with E-state index in [-0.39, 0.29) is 11.8 Å². The smallest absolute Gasteiger partial charge is 0.242 e. The molecule has 0 spiro atoms. The molecule has 0 unspecified atom stereocenters. The number of aromatic nitrogens is 2. The van der Waals surface area contributed by atoms with E-state index in [9.17, 15) is 4.79 Å². The van der Waals surface area contributed by atoms with E-state index in [0.717, 1.165) is 5.69 Å². The Morgan fingerprint density at radius 1 is 1.38 bits per heavy atom. The van der Waals surface area contributed by atoms with Crippen molar-refractivity contribution in [1.82, 2.24) is 15.4 Å². The lowest BCUT2D eigenvalue weighted by atomic mass is 10.2. The molecule has 1 aromatic heterocycles. The zero-order chi connectivity index (χ0) is 12.1. The van der Waals surface area contributed by atoms with Gasteiger partial charge in [0, 0.05) is 18.3 Å². The molecule has 0 aliphatic heterocycles. The average molecular weight is 220 g/mol. The van der Waals surface area contributed by atoms with Crippen LogP contribution in [0, 0.1) is 12.8 Å². The van der Waals surface area contributed by atoms with E-state index >= 15 is 0 Å². The fraction of sp³-hybridized carbons (Fsp3) is 0.455. The minimum absolute atomic E-state index is 0.0838. The van der Waals surface area contributed by atoms with E-state index in [1.807, 2.05) is 20.8 Å². The number of amides is 1. The summed E-state index contributed by atoms with van der Waals surface area (Å²) in [6.45, 7) is 7.27. The summed E-state index contributed by atoms with van der Waals surface area (Å²) in [5.74, 6) is -0.194. The Hall–Kier alpha value is -1.78. The molecular weight excluding hydrogens is 204 g/mol. The van der Waals surface area contributed by atoms with Crippen LogP contribution in [-0.4, -0.2) is 21.6 Å². The molecule has 0 atom stereocenters. The Morgan fingerprint density at radius 2 is 2.00 bits per heavy atom. The molecule has 0 aliphatic carbocycles. The second kappa shape index (κ2) is 5.34. The zero-order valence-corrected chi connectivity index (χ0v) is 9.98. The number of nitrogens with one attached hydrogen (secondary N) is 1. The van der Waals surface area contributed by atoms with Crippen molar-refractivity contribution < 1.29 is 4.79 Å². The predicted octanol–water partition coefficient (Wildman–Crippen LogP) is 1.28. The molecule has 1 rings (SSSR count). The minimum Gasteiger partial charge on any atom is -0.273 e. The van der Waals surface area contributed by atoms with Crippen LogP contribution in [0.4, 0.5) is 0 Å². The third-order valence-electron chi connectivity index (χ3n) is 2.08. The van der Waals surface area contributed by atoms with Crippen molar-refractivity contribution in [2.24, 2.45) is 11.0 Å². The van der Waals surface area contributed by atoms with Crippen LogP contribution in [0.25, 0.3) is 0 Å². The number of hydrogen-bond acceptors (Lipinski definition) is 4. The fourth-order valence-electron chi connectivity index (χ4n) is 1.08. The number of aryl methyl sites for hydroxylation is 1. The summed E-state index contributed by atoms with van der Waals surface area (Å²) in [5, 5.41) is 3.99. The van der Waals surface area contributed by atoms with Crippen LogP contribution in [0.1, 0.15) is 32.2 Å². The number of carbonyl (C=O) groups is 1. The van der Waals surface area contributed by atoms with E-state index in [4.69, 9.17) is 0 Å². The van der Waals surface area contributed by atoms with Crippen LogP contribution in [0.3, 0.4) is 0 Å². The molecule has 0 radical (unpaired) electrons. The summed E-state index contributed by atoms with van der Waals surface area (Å²) in [6.07, 6.45) is 3.23. The highest BCUT2D eigenvalue weighted by Crippen LogP contribution is 2.01. The van der Waals surface area contributed by atoms with Gasteiger partial charge in [-0.2, -0.15) is 5.10 Å². The van der Waals surface area contributed by atoms with Crippen LogP contribution < -0.4 is 5.43 Å². The van der Waals surface area contributed by atoms with Crippen molar-refractivity contribution in [3.63, 3.8) is 0 Å². The van der Waals surface area contributed by atoms with Crippen LogP contribution >= 0.6 is 0 Å². The lowest BCUT2D eigenvalue weighted by Gasteiger charge is -2.05. The maximum atomic E-state index is 11.3. The summed E-state index contributed by atoms with van der Waals surface area (Å²) in [4.78, 5) is 19.6. The molecule has 5 nitrogen and oxygen atoms in total. The van der Waals surface area contributed by atoms with Gasteiger partial charge in [-0.25, -0.2) is 5.43 Å². The normalized spacial score (nSPS) is 11.7. The van der Waals surface area contributed by atoms with Gasteiger partial charge in [0.25, 0.3) is 0 Å². The van der Waals surface area contributed by atoms with Crippen LogP contribution in [0.15, 0.2) is 17.5 Å². The summed E-state index contributed by atoms with van der Waals surface area (Å²) < 4.78 is 0. The lowest BCUT2D eigenvalue weighted by Crippen LogP contribution is -2.24. The van der Waals surface area contributed by atoms with Crippen LogP contribution in [0.5, 0.6) is 0 Å². The molecule has 0 saturated carbocycles. The maximum Gasteiger partial charge on any atom is 0.242 e. The first-order valence-corrected chi connectivity index (χ1v) is 5.14. The van der Waals surface area contributed by atoms with Crippen LogP contribution in [-0.2, 0) is 4.79 Å². The highest BCUT2D eigenvalue weighted by molar-refractivity contribution is 5.98. The third kappa shape index (κ3) is 3.12. The molecule has 5 heteroatoms. The van der Waals surface area contributed by atoms with E-state index < -0.39 is 0 Å². The third-order valence-corrected chi connectivity index (χ3v) is 2.08. The zero-order valence-electron chi connectivity index (χ0n) is 9.98. The van der Waals surface area contributed by atoms with Gasteiger partial charge >= 0.3 is 0 Å². The van der Waals surface area contributed by atoms with E-state index in [2.05, 4.69) is 20.5 Å². The standard InChI is InChI=1S/C11H16N4O/c1-7(2)11(16)15-14-9(4)10-8(3)12-5-6-13-10/h5-7H,1-4H3,(H,15,16). The first-order valence-electron chi connectivity index (χ1n) is 5.14. The second-order valence-electron chi connectivity index (χ2n) is 3.82. The molecule has 0 saturated heterocycles. The molecule has 1 aromatic rings. The van der Waals surface area contributed by atoms with E-state index in [0.29, 0.717) is 11.4 Å². The summed E-state index contributed by atoms with van der Waals surface area (Å²) in [5.41, 5.74) is 4.64. The Kier molecular flexibility index (Phi) is 4.10. The molecular formula is C11H16N4O. The molecule has 1 amide bonds. The Bertz CT molecular complexity index is 412. The number of nitrogens with zero attached hydrogens (tertiary/aromatic N) is 3. The summed E-state index contributed by atoms with van der Waals surface area (Å²) in [6, 6.07) is 0. The van der Waals surface area contributed by atoms with Gasteiger partial charge in [0.05, 0.1) is 11.4 Å². The highest BCUT2D eigenvalue weighted by atomic mass is 16.2. The molecule has 1 N–H and O–H groups in total. The Labute approximate surface area is 95.0 Å². The van der Waals surface area contributed by atoms with Crippen molar-refractivity contribution in [2.75, 3.05) is 0 Å². The van der Waals surface area contributed by atoms with Gasteiger partial charge in [-0.15, -0.1) is 0 Å².